The number of hydrogen-bond acceptors (Lipinski definition) is 3. The number of nitrogens with zero attached hydrogens (tertiary/aromatic N) is 2. The fourth-order valence-electron chi connectivity index (χ4n) is 3.87. The molecule has 2 aromatic rings. The zero-order valence-corrected chi connectivity index (χ0v) is 18.2. The van der Waals surface area contributed by atoms with Gasteiger partial charge in [0.1, 0.15) is 0 Å². The summed E-state index contributed by atoms with van der Waals surface area (Å²) in [6.07, 6.45) is 2.13. The van der Waals surface area contributed by atoms with Gasteiger partial charge in [-0.2, -0.15) is 0 Å². The summed E-state index contributed by atoms with van der Waals surface area (Å²) >= 11 is 0. The standard InChI is InChI=1S/C24H33FN4O/c1-4-30-23-11-10-19(16-22(23)25)17-27-24(26-3)28-21-12-14-29(15-13-21)18(2)20-8-6-5-7-9-20/h5-11,16,18,21H,4,12-15,17H2,1-3H3,(H2,26,27,28). The maximum atomic E-state index is 14.0. The molecular formula is C24H33FN4O. The molecule has 0 bridgehead atoms. The highest BCUT2D eigenvalue weighted by molar-refractivity contribution is 5.79. The molecule has 0 radical (unpaired) electrons. The highest BCUT2D eigenvalue weighted by Crippen LogP contribution is 2.24. The van der Waals surface area contributed by atoms with Crippen LogP contribution in [0.25, 0.3) is 0 Å². The second-order valence-corrected chi connectivity index (χ2v) is 7.66. The molecule has 30 heavy (non-hydrogen) atoms. The van der Waals surface area contributed by atoms with E-state index >= 15 is 0 Å². The molecule has 0 saturated carbocycles. The van der Waals surface area contributed by atoms with Gasteiger partial charge in [0.15, 0.2) is 17.5 Å². The molecule has 1 unspecified atom stereocenters. The Morgan fingerprint density at radius 1 is 1.20 bits per heavy atom. The molecule has 5 nitrogen and oxygen atoms in total. The molecule has 1 atom stereocenters. The number of benzene rings is 2. The summed E-state index contributed by atoms with van der Waals surface area (Å²) in [5.41, 5.74) is 2.22. The van der Waals surface area contributed by atoms with Crippen molar-refractivity contribution in [3.63, 3.8) is 0 Å². The minimum Gasteiger partial charge on any atom is -0.491 e. The minimum atomic E-state index is -0.334. The maximum absolute atomic E-state index is 14.0. The smallest absolute Gasteiger partial charge is 0.191 e. The third-order valence-electron chi connectivity index (χ3n) is 5.68. The number of nitrogens with one attached hydrogen (secondary N) is 2. The van der Waals surface area contributed by atoms with E-state index in [4.69, 9.17) is 4.74 Å². The first-order valence-electron chi connectivity index (χ1n) is 10.8. The summed E-state index contributed by atoms with van der Waals surface area (Å²) in [5, 5.41) is 6.80. The largest absolute Gasteiger partial charge is 0.491 e. The van der Waals surface area contributed by atoms with E-state index in [0.29, 0.717) is 31.0 Å². The van der Waals surface area contributed by atoms with Gasteiger partial charge in [0.25, 0.3) is 0 Å². The second-order valence-electron chi connectivity index (χ2n) is 7.66. The van der Waals surface area contributed by atoms with Crippen LogP contribution < -0.4 is 15.4 Å². The molecule has 1 fully saturated rings. The summed E-state index contributed by atoms with van der Waals surface area (Å²) < 4.78 is 19.3. The Hall–Kier alpha value is -2.60. The zero-order valence-electron chi connectivity index (χ0n) is 18.2. The second kappa shape index (κ2) is 11.0. The number of rotatable bonds is 7. The lowest BCUT2D eigenvalue weighted by molar-refractivity contribution is 0.158. The van der Waals surface area contributed by atoms with E-state index in [2.05, 4.69) is 57.8 Å². The SMILES string of the molecule is CCOc1ccc(CNC(=NC)NC2CCN(C(C)c3ccccc3)CC2)cc1F. The van der Waals surface area contributed by atoms with Crippen molar-refractivity contribution in [2.24, 2.45) is 4.99 Å². The fraction of sp³-hybridized carbons (Fsp3) is 0.458. The van der Waals surface area contributed by atoms with Crippen molar-refractivity contribution in [1.29, 1.82) is 0 Å². The topological polar surface area (TPSA) is 48.9 Å². The third kappa shape index (κ3) is 5.95. The lowest BCUT2D eigenvalue weighted by Gasteiger charge is -2.37. The lowest BCUT2D eigenvalue weighted by Crippen LogP contribution is -2.48. The first-order valence-corrected chi connectivity index (χ1v) is 10.8. The van der Waals surface area contributed by atoms with E-state index in [1.165, 1.54) is 11.6 Å². The fourth-order valence-corrected chi connectivity index (χ4v) is 3.87. The molecule has 0 aromatic heterocycles. The Kier molecular flexibility index (Phi) is 8.08. The lowest BCUT2D eigenvalue weighted by atomic mass is 10.0. The van der Waals surface area contributed by atoms with Gasteiger partial charge in [-0.25, -0.2) is 4.39 Å². The molecule has 2 aromatic carbocycles. The molecule has 1 heterocycles. The molecule has 3 rings (SSSR count). The quantitative estimate of drug-likeness (QED) is 0.531. The molecule has 0 aliphatic carbocycles. The zero-order chi connectivity index (χ0) is 21.3. The molecule has 1 saturated heterocycles. The summed E-state index contributed by atoms with van der Waals surface area (Å²) in [6, 6.07) is 16.5. The van der Waals surface area contributed by atoms with Crippen LogP contribution in [0, 0.1) is 5.82 Å². The van der Waals surface area contributed by atoms with Crippen molar-refractivity contribution >= 4 is 5.96 Å². The van der Waals surface area contributed by atoms with Crippen LogP contribution in [0.15, 0.2) is 53.5 Å². The van der Waals surface area contributed by atoms with E-state index < -0.39 is 0 Å². The van der Waals surface area contributed by atoms with E-state index in [1.54, 1.807) is 13.1 Å². The normalized spacial score (nSPS) is 16.9. The number of guanidine groups is 1. The van der Waals surface area contributed by atoms with E-state index in [-0.39, 0.29) is 5.82 Å². The van der Waals surface area contributed by atoms with Crippen molar-refractivity contribution in [1.82, 2.24) is 15.5 Å². The molecule has 0 amide bonds. The van der Waals surface area contributed by atoms with Crippen LogP contribution in [0.2, 0.25) is 0 Å². The summed E-state index contributed by atoms with van der Waals surface area (Å²) in [6.45, 7) is 7.18. The van der Waals surface area contributed by atoms with Crippen LogP contribution in [0.4, 0.5) is 4.39 Å². The Morgan fingerprint density at radius 3 is 2.57 bits per heavy atom. The highest BCUT2D eigenvalue weighted by Gasteiger charge is 2.24. The van der Waals surface area contributed by atoms with Gasteiger partial charge in [-0.3, -0.25) is 9.89 Å². The molecule has 162 valence electrons. The van der Waals surface area contributed by atoms with E-state index in [0.717, 1.165) is 37.5 Å². The van der Waals surface area contributed by atoms with Gasteiger partial charge in [0.2, 0.25) is 0 Å². The number of aliphatic imine (C=N–C) groups is 1. The Balaban J connectivity index is 1.46. The average molecular weight is 413 g/mol. The number of hydrogen-bond donors (Lipinski definition) is 2. The van der Waals surface area contributed by atoms with Crippen molar-refractivity contribution < 1.29 is 9.13 Å². The van der Waals surface area contributed by atoms with Gasteiger partial charge < -0.3 is 15.4 Å². The Labute approximate surface area is 179 Å². The minimum absolute atomic E-state index is 0.292. The Morgan fingerprint density at radius 2 is 1.93 bits per heavy atom. The van der Waals surface area contributed by atoms with Crippen LogP contribution in [0.1, 0.15) is 43.9 Å². The highest BCUT2D eigenvalue weighted by atomic mass is 19.1. The number of ether oxygens (including phenoxy) is 1. The monoisotopic (exact) mass is 412 g/mol. The maximum Gasteiger partial charge on any atom is 0.191 e. The van der Waals surface area contributed by atoms with Gasteiger partial charge in [0.05, 0.1) is 6.61 Å². The summed E-state index contributed by atoms with van der Waals surface area (Å²) in [7, 11) is 1.76. The third-order valence-corrected chi connectivity index (χ3v) is 5.68. The molecule has 1 aliphatic rings. The average Bonchev–Trinajstić information content (AvgIpc) is 2.79. The predicted molar refractivity (Wildman–Crippen MR) is 120 cm³/mol. The first-order chi connectivity index (χ1) is 14.6. The van der Waals surface area contributed by atoms with E-state index in [1.807, 2.05) is 13.0 Å². The van der Waals surface area contributed by atoms with Gasteiger partial charge in [-0.15, -0.1) is 0 Å². The Bertz CT molecular complexity index is 819. The van der Waals surface area contributed by atoms with Crippen molar-refractivity contribution in [3.05, 3.63) is 65.5 Å². The van der Waals surface area contributed by atoms with Crippen LogP contribution in [-0.4, -0.2) is 43.6 Å². The van der Waals surface area contributed by atoms with Crippen molar-refractivity contribution in [2.75, 3.05) is 26.7 Å². The summed E-state index contributed by atoms with van der Waals surface area (Å²) in [5.74, 6) is 0.707. The van der Waals surface area contributed by atoms with Crippen LogP contribution in [0.5, 0.6) is 5.75 Å². The predicted octanol–water partition coefficient (Wildman–Crippen LogP) is 4.12. The van der Waals surface area contributed by atoms with Gasteiger partial charge in [0, 0.05) is 38.8 Å². The van der Waals surface area contributed by atoms with E-state index in [9.17, 15) is 4.39 Å². The summed E-state index contributed by atoms with van der Waals surface area (Å²) in [4.78, 5) is 6.86. The number of piperidine rings is 1. The number of likely N-dealkylation sites (tertiary alicyclic amines) is 1. The van der Waals surface area contributed by atoms with Crippen LogP contribution in [-0.2, 0) is 6.54 Å². The molecule has 1 aliphatic heterocycles. The molecule has 6 heteroatoms. The van der Waals surface area contributed by atoms with Crippen LogP contribution >= 0.6 is 0 Å². The van der Waals surface area contributed by atoms with Gasteiger partial charge in [-0.05, 0) is 49.9 Å². The molecule has 2 N–H and O–H groups in total. The van der Waals surface area contributed by atoms with Crippen molar-refractivity contribution in [3.8, 4) is 5.75 Å². The van der Waals surface area contributed by atoms with Crippen molar-refractivity contribution in [2.45, 2.75) is 45.3 Å². The number of halogens is 1. The van der Waals surface area contributed by atoms with Crippen LogP contribution in [0.3, 0.4) is 0 Å². The van der Waals surface area contributed by atoms with Gasteiger partial charge >= 0.3 is 0 Å². The first kappa shape index (κ1) is 22.1. The van der Waals surface area contributed by atoms with Gasteiger partial charge in [-0.1, -0.05) is 36.4 Å². The molecular weight excluding hydrogens is 379 g/mol. The molecule has 0 spiro atoms.